The first-order chi connectivity index (χ1) is 17.7. The minimum atomic E-state index is -0.297. The molecule has 6 rings (SSSR count). The molecule has 0 atom stereocenters. The molecule has 0 radical (unpaired) electrons. The third-order valence-corrected chi connectivity index (χ3v) is 6.60. The maximum atomic E-state index is 15.0. The molecule has 2 aromatic heterocycles. The van der Waals surface area contributed by atoms with Crippen LogP contribution in [0.4, 0.5) is 15.8 Å². The fraction of sp³-hybridized carbons (Fsp3) is 0.346. The Kier molecular flexibility index (Phi) is 6.12. The molecule has 0 bridgehead atoms. The predicted octanol–water partition coefficient (Wildman–Crippen LogP) is 3.80. The van der Waals surface area contributed by atoms with Gasteiger partial charge in [0.2, 0.25) is 0 Å². The number of H-pyrrole nitrogens is 1. The highest BCUT2D eigenvalue weighted by Crippen LogP contribution is 2.33. The Morgan fingerprint density at radius 2 is 1.75 bits per heavy atom. The summed E-state index contributed by atoms with van der Waals surface area (Å²) >= 11 is 0. The van der Waals surface area contributed by atoms with Crippen LogP contribution in [0.3, 0.4) is 0 Å². The molecule has 3 N–H and O–H groups in total. The molecule has 0 spiro atoms. The van der Waals surface area contributed by atoms with Crippen molar-refractivity contribution in [1.29, 1.82) is 0 Å². The van der Waals surface area contributed by atoms with Gasteiger partial charge in [0, 0.05) is 37.1 Å². The van der Waals surface area contributed by atoms with Crippen LogP contribution in [-0.2, 0) is 9.47 Å². The van der Waals surface area contributed by atoms with Crippen LogP contribution in [0.2, 0.25) is 0 Å². The number of anilines is 2. The highest BCUT2D eigenvalue weighted by molar-refractivity contribution is 5.90. The SMILES string of the molecule is Nc1cc(-c2ncnc3[nH]c(-c4ccc(N5CCOCC5)c(F)c4)nc23)ccc1OC1CCOCC1. The molecular weight excluding hydrogens is 463 g/mol. The molecule has 0 amide bonds. The first-order valence-corrected chi connectivity index (χ1v) is 12.1. The zero-order chi connectivity index (χ0) is 24.5. The van der Waals surface area contributed by atoms with E-state index in [1.807, 2.05) is 29.2 Å². The van der Waals surface area contributed by atoms with Crippen molar-refractivity contribution in [3.8, 4) is 28.4 Å². The van der Waals surface area contributed by atoms with Crippen molar-refractivity contribution in [3.63, 3.8) is 0 Å². The summed E-state index contributed by atoms with van der Waals surface area (Å²) in [6, 6.07) is 10.8. The Morgan fingerprint density at radius 1 is 0.972 bits per heavy atom. The molecule has 2 fully saturated rings. The second-order valence-corrected chi connectivity index (χ2v) is 8.95. The molecule has 4 heterocycles. The van der Waals surface area contributed by atoms with E-state index in [1.54, 1.807) is 6.07 Å². The summed E-state index contributed by atoms with van der Waals surface area (Å²) < 4.78 is 31.8. The van der Waals surface area contributed by atoms with Crippen molar-refractivity contribution in [1.82, 2.24) is 19.9 Å². The van der Waals surface area contributed by atoms with Gasteiger partial charge >= 0.3 is 0 Å². The topological polar surface area (TPSA) is 111 Å². The molecule has 10 heteroatoms. The van der Waals surface area contributed by atoms with Gasteiger partial charge in [0.1, 0.15) is 41.0 Å². The summed E-state index contributed by atoms with van der Waals surface area (Å²) in [5, 5.41) is 0. The minimum Gasteiger partial charge on any atom is -0.488 e. The summed E-state index contributed by atoms with van der Waals surface area (Å²) in [6.45, 7) is 3.92. The van der Waals surface area contributed by atoms with E-state index in [0.717, 1.165) is 18.4 Å². The van der Waals surface area contributed by atoms with Crippen molar-refractivity contribution < 1.29 is 18.6 Å². The van der Waals surface area contributed by atoms with Gasteiger partial charge in [0.05, 0.1) is 37.8 Å². The van der Waals surface area contributed by atoms with Gasteiger partial charge in [0.25, 0.3) is 0 Å². The van der Waals surface area contributed by atoms with E-state index < -0.39 is 0 Å². The summed E-state index contributed by atoms with van der Waals surface area (Å²) in [5.74, 6) is 0.871. The minimum absolute atomic E-state index is 0.0987. The van der Waals surface area contributed by atoms with Gasteiger partial charge in [-0.25, -0.2) is 19.3 Å². The number of fused-ring (bicyclic) bond motifs is 1. The van der Waals surface area contributed by atoms with E-state index in [4.69, 9.17) is 24.9 Å². The lowest BCUT2D eigenvalue weighted by Gasteiger charge is -2.29. The Balaban J connectivity index is 1.29. The van der Waals surface area contributed by atoms with E-state index in [9.17, 15) is 4.39 Å². The van der Waals surface area contributed by atoms with Gasteiger partial charge in [-0.05, 0) is 36.4 Å². The molecular formula is C26H27FN6O3. The van der Waals surface area contributed by atoms with Crippen molar-refractivity contribution in [2.24, 2.45) is 0 Å². The van der Waals surface area contributed by atoms with Crippen LogP contribution in [0, 0.1) is 5.82 Å². The third-order valence-electron chi connectivity index (χ3n) is 6.60. The van der Waals surface area contributed by atoms with Gasteiger partial charge in [-0.2, -0.15) is 0 Å². The maximum Gasteiger partial charge on any atom is 0.161 e. The average Bonchev–Trinajstić information content (AvgIpc) is 3.36. The average molecular weight is 491 g/mol. The van der Waals surface area contributed by atoms with Crippen molar-refractivity contribution in [2.45, 2.75) is 18.9 Å². The van der Waals surface area contributed by atoms with Crippen LogP contribution in [-0.4, -0.2) is 65.6 Å². The van der Waals surface area contributed by atoms with E-state index in [-0.39, 0.29) is 11.9 Å². The molecule has 0 unspecified atom stereocenters. The van der Waals surface area contributed by atoms with Crippen LogP contribution in [0.1, 0.15) is 12.8 Å². The summed E-state index contributed by atoms with van der Waals surface area (Å²) in [4.78, 5) is 18.7. The van der Waals surface area contributed by atoms with Gasteiger partial charge < -0.3 is 29.8 Å². The number of morpholine rings is 1. The number of rotatable bonds is 5. The van der Waals surface area contributed by atoms with Gasteiger partial charge in [-0.15, -0.1) is 0 Å². The molecule has 9 nitrogen and oxygen atoms in total. The number of nitrogens with one attached hydrogen (secondary N) is 1. The fourth-order valence-electron chi connectivity index (χ4n) is 4.67. The fourth-order valence-corrected chi connectivity index (χ4v) is 4.67. The predicted molar refractivity (Wildman–Crippen MR) is 134 cm³/mol. The Bertz CT molecular complexity index is 1380. The van der Waals surface area contributed by atoms with E-state index >= 15 is 0 Å². The van der Waals surface area contributed by atoms with Crippen LogP contribution < -0.4 is 15.4 Å². The molecule has 2 saturated heterocycles. The maximum absolute atomic E-state index is 15.0. The number of imidazole rings is 1. The number of ether oxygens (including phenoxy) is 3. The molecule has 4 aromatic rings. The monoisotopic (exact) mass is 490 g/mol. The molecule has 0 aliphatic carbocycles. The Hall–Kier alpha value is -3.76. The van der Waals surface area contributed by atoms with Gasteiger partial charge in [0.15, 0.2) is 5.65 Å². The number of hydrogen-bond acceptors (Lipinski definition) is 8. The largest absolute Gasteiger partial charge is 0.488 e. The smallest absolute Gasteiger partial charge is 0.161 e. The lowest BCUT2D eigenvalue weighted by molar-refractivity contribution is 0.0259. The first kappa shape index (κ1) is 22.7. The Labute approximate surface area is 207 Å². The van der Waals surface area contributed by atoms with E-state index in [1.165, 1.54) is 12.4 Å². The van der Waals surface area contributed by atoms with E-state index in [0.29, 0.717) is 84.9 Å². The number of aromatic nitrogens is 4. The lowest BCUT2D eigenvalue weighted by Crippen LogP contribution is -2.36. The van der Waals surface area contributed by atoms with Crippen molar-refractivity contribution >= 4 is 22.5 Å². The number of aromatic amines is 1. The number of nitrogens with zero attached hydrogens (tertiary/aromatic N) is 4. The molecule has 0 saturated carbocycles. The second-order valence-electron chi connectivity index (χ2n) is 8.95. The number of halogens is 1. The van der Waals surface area contributed by atoms with Crippen LogP contribution in [0.5, 0.6) is 5.75 Å². The number of nitrogens with two attached hydrogens (primary N) is 1. The number of benzene rings is 2. The molecule has 186 valence electrons. The molecule has 2 aliphatic heterocycles. The summed E-state index contributed by atoms with van der Waals surface area (Å²) in [5.41, 5.74) is 10.6. The van der Waals surface area contributed by atoms with Crippen molar-refractivity contribution in [3.05, 3.63) is 48.5 Å². The van der Waals surface area contributed by atoms with Crippen LogP contribution in [0.25, 0.3) is 33.8 Å². The number of nitrogen functional groups attached to an aromatic ring is 1. The summed E-state index contributed by atoms with van der Waals surface area (Å²) in [6.07, 6.45) is 3.27. The highest BCUT2D eigenvalue weighted by atomic mass is 19.1. The lowest BCUT2D eigenvalue weighted by atomic mass is 10.1. The summed E-state index contributed by atoms with van der Waals surface area (Å²) in [7, 11) is 0. The van der Waals surface area contributed by atoms with Crippen LogP contribution >= 0.6 is 0 Å². The zero-order valence-corrected chi connectivity index (χ0v) is 19.7. The third kappa shape index (κ3) is 4.45. The van der Waals surface area contributed by atoms with Gasteiger partial charge in [-0.1, -0.05) is 0 Å². The standard InChI is InChI=1S/C26H27FN6O3/c27-19-13-17(1-3-21(19)33-7-11-35-12-8-33)25-31-24-23(29-15-30-26(24)32-25)16-2-4-22(20(28)14-16)36-18-5-9-34-10-6-18/h1-4,13-15,18H,5-12,28H2,(H,29,30,31,32). The quantitative estimate of drug-likeness (QED) is 0.407. The molecule has 36 heavy (non-hydrogen) atoms. The van der Waals surface area contributed by atoms with Crippen LogP contribution in [0.15, 0.2) is 42.7 Å². The number of hydrogen-bond donors (Lipinski definition) is 2. The van der Waals surface area contributed by atoms with Crippen molar-refractivity contribution in [2.75, 3.05) is 50.2 Å². The van der Waals surface area contributed by atoms with Gasteiger partial charge in [-0.3, -0.25) is 0 Å². The first-order valence-electron chi connectivity index (χ1n) is 12.1. The zero-order valence-electron chi connectivity index (χ0n) is 19.7. The Morgan fingerprint density at radius 3 is 2.53 bits per heavy atom. The molecule has 2 aromatic carbocycles. The van der Waals surface area contributed by atoms with E-state index in [2.05, 4.69) is 15.0 Å². The normalized spacial score (nSPS) is 17.0. The highest BCUT2D eigenvalue weighted by Gasteiger charge is 2.20. The second kappa shape index (κ2) is 9.71. The molecule has 2 aliphatic rings.